The first kappa shape index (κ1) is 14.9. The van der Waals surface area contributed by atoms with Gasteiger partial charge in [-0.25, -0.2) is 0 Å². The first-order valence-electron chi connectivity index (χ1n) is 5.53. The van der Waals surface area contributed by atoms with E-state index in [0.717, 1.165) is 0 Å². The predicted molar refractivity (Wildman–Crippen MR) is 74.6 cm³/mol. The van der Waals surface area contributed by atoms with Crippen molar-refractivity contribution in [2.24, 2.45) is 0 Å². The number of benzene rings is 1. The number of nitro benzene ring substituents is 1. The zero-order chi connectivity index (χ0) is 14.3. The van der Waals surface area contributed by atoms with Crippen LogP contribution in [0.2, 0.25) is 0 Å². The minimum atomic E-state index is -0.568. The number of hydrogen-bond donors (Lipinski definition) is 0. The molecule has 6 heteroatoms. The van der Waals surface area contributed by atoms with Gasteiger partial charge >= 0.3 is 0 Å². The standard InChI is InChI=1S/C13H12N2O3S/c1-10(16)19-7-3-2-4-11-5-6-12(9-14)13(8-11)15(17)18/h2,4-6,8H,3,7H2,1H3. The second kappa shape index (κ2) is 7.34. The molecule has 0 aliphatic heterocycles. The van der Waals surface area contributed by atoms with E-state index in [9.17, 15) is 14.9 Å². The predicted octanol–water partition coefficient (Wildman–Crippen LogP) is 3.15. The summed E-state index contributed by atoms with van der Waals surface area (Å²) >= 11 is 1.24. The molecule has 1 aromatic rings. The fourth-order valence-corrected chi connectivity index (χ4v) is 1.93. The second-order valence-electron chi connectivity index (χ2n) is 3.68. The van der Waals surface area contributed by atoms with Crippen LogP contribution in [-0.4, -0.2) is 15.8 Å². The molecule has 98 valence electrons. The van der Waals surface area contributed by atoms with E-state index in [1.165, 1.54) is 30.8 Å². The third kappa shape index (κ3) is 4.94. The van der Waals surface area contributed by atoms with E-state index >= 15 is 0 Å². The molecule has 0 fully saturated rings. The molecule has 1 aromatic carbocycles. The molecule has 0 bridgehead atoms. The Kier molecular flexibility index (Phi) is 5.76. The largest absolute Gasteiger partial charge is 0.288 e. The molecule has 0 radical (unpaired) electrons. The summed E-state index contributed by atoms with van der Waals surface area (Å²) in [5, 5.41) is 19.6. The van der Waals surface area contributed by atoms with Crippen molar-refractivity contribution in [1.29, 1.82) is 5.26 Å². The van der Waals surface area contributed by atoms with Crippen LogP contribution in [0.3, 0.4) is 0 Å². The van der Waals surface area contributed by atoms with Crippen molar-refractivity contribution < 1.29 is 9.72 Å². The number of rotatable bonds is 5. The molecule has 1 rings (SSSR count). The van der Waals surface area contributed by atoms with Crippen LogP contribution >= 0.6 is 11.8 Å². The highest BCUT2D eigenvalue weighted by Crippen LogP contribution is 2.20. The SMILES string of the molecule is CC(=O)SCCC=Cc1ccc(C#N)c([N+](=O)[O-])c1. The highest BCUT2D eigenvalue weighted by molar-refractivity contribution is 8.13. The molecule has 5 nitrogen and oxygen atoms in total. The van der Waals surface area contributed by atoms with Crippen molar-refractivity contribution in [3.05, 3.63) is 45.5 Å². The molecular formula is C13H12N2O3S. The van der Waals surface area contributed by atoms with Gasteiger partial charge in [-0.15, -0.1) is 0 Å². The maximum absolute atomic E-state index is 10.8. The van der Waals surface area contributed by atoms with E-state index < -0.39 is 4.92 Å². The summed E-state index contributed by atoms with van der Waals surface area (Å²) in [4.78, 5) is 20.9. The minimum absolute atomic E-state index is 0.0503. The lowest BCUT2D eigenvalue weighted by molar-refractivity contribution is -0.385. The van der Waals surface area contributed by atoms with E-state index in [4.69, 9.17) is 5.26 Å². The Morgan fingerprint density at radius 2 is 2.32 bits per heavy atom. The van der Waals surface area contributed by atoms with E-state index in [2.05, 4.69) is 0 Å². The van der Waals surface area contributed by atoms with E-state index in [0.29, 0.717) is 17.7 Å². The molecule has 0 saturated carbocycles. The molecule has 19 heavy (non-hydrogen) atoms. The van der Waals surface area contributed by atoms with Gasteiger partial charge in [-0.3, -0.25) is 14.9 Å². The van der Waals surface area contributed by atoms with Crippen LogP contribution in [0.4, 0.5) is 5.69 Å². The molecule has 0 aliphatic carbocycles. The summed E-state index contributed by atoms with van der Waals surface area (Å²) in [6.45, 7) is 1.51. The molecule has 0 aromatic heterocycles. The van der Waals surface area contributed by atoms with Gasteiger partial charge in [0.15, 0.2) is 5.12 Å². The van der Waals surface area contributed by atoms with Gasteiger partial charge in [0.2, 0.25) is 0 Å². The van der Waals surface area contributed by atoms with Crippen LogP contribution in [0.25, 0.3) is 6.08 Å². The number of nitriles is 1. The van der Waals surface area contributed by atoms with Crippen molar-refractivity contribution in [2.45, 2.75) is 13.3 Å². The Morgan fingerprint density at radius 3 is 2.89 bits per heavy atom. The van der Waals surface area contributed by atoms with Crippen LogP contribution < -0.4 is 0 Å². The maximum atomic E-state index is 10.8. The third-order valence-electron chi connectivity index (χ3n) is 2.24. The van der Waals surface area contributed by atoms with Crippen LogP contribution in [-0.2, 0) is 4.79 Å². The van der Waals surface area contributed by atoms with Gasteiger partial charge in [0, 0.05) is 18.7 Å². The van der Waals surface area contributed by atoms with Crippen LogP contribution in [0.1, 0.15) is 24.5 Å². The first-order valence-corrected chi connectivity index (χ1v) is 6.51. The van der Waals surface area contributed by atoms with Crippen molar-refractivity contribution in [2.75, 3.05) is 5.75 Å². The normalized spacial score (nSPS) is 10.3. The zero-order valence-electron chi connectivity index (χ0n) is 10.3. The summed E-state index contributed by atoms with van der Waals surface area (Å²) in [5.41, 5.74) is 0.524. The van der Waals surface area contributed by atoms with E-state index in [1.54, 1.807) is 18.2 Å². The highest BCUT2D eigenvalue weighted by Gasteiger charge is 2.12. The van der Waals surface area contributed by atoms with Gasteiger partial charge in [-0.2, -0.15) is 5.26 Å². The summed E-state index contributed by atoms with van der Waals surface area (Å²) in [6.07, 6.45) is 4.30. The lowest BCUT2D eigenvalue weighted by Gasteiger charge is -1.97. The Labute approximate surface area is 115 Å². The number of allylic oxidation sites excluding steroid dienone is 1. The molecule has 0 atom stereocenters. The highest BCUT2D eigenvalue weighted by atomic mass is 32.2. The monoisotopic (exact) mass is 276 g/mol. The van der Waals surface area contributed by atoms with Crippen LogP contribution in [0.15, 0.2) is 24.3 Å². The quantitative estimate of drug-likeness (QED) is 0.468. The minimum Gasteiger partial charge on any atom is -0.288 e. The van der Waals surface area contributed by atoms with Crippen molar-refractivity contribution >= 4 is 28.6 Å². The Balaban J connectivity index is 2.72. The second-order valence-corrected chi connectivity index (χ2v) is 4.95. The smallest absolute Gasteiger partial charge is 0.287 e. The summed E-state index contributed by atoms with van der Waals surface area (Å²) < 4.78 is 0. The van der Waals surface area contributed by atoms with Crippen LogP contribution in [0.5, 0.6) is 0 Å². The Bertz CT molecular complexity index is 561. The van der Waals surface area contributed by atoms with Gasteiger partial charge in [0.05, 0.1) is 4.92 Å². The topological polar surface area (TPSA) is 84.0 Å². The molecular weight excluding hydrogens is 264 g/mol. The third-order valence-corrected chi connectivity index (χ3v) is 3.09. The van der Waals surface area contributed by atoms with Crippen molar-refractivity contribution in [3.8, 4) is 6.07 Å². The van der Waals surface area contributed by atoms with Gasteiger partial charge in [0.25, 0.3) is 5.69 Å². The number of nitrogens with zero attached hydrogens (tertiary/aromatic N) is 2. The number of hydrogen-bond acceptors (Lipinski definition) is 5. The van der Waals surface area contributed by atoms with E-state index in [-0.39, 0.29) is 16.4 Å². The zero-order valence-corrected chi connectivity index (χ0v) is 11.1. The van der Waals surface area contributed by atoms with Crippen LogP contribution in [0, 0.1) is 21.4 Å². The summed E-state index contributed by atoms with van der Waals surface area (Å²) in [6, 6.07) is 6.24. The molecule has 0 N–H and O–H groups in total. The number of thioether (sulfide) groups is 1. The number of nitro groups is 1. The van der Waals surface area contributed by atoms with Gasteiger partial charge in [-0.05, 0) is 18.1 Å². The maximum Gasteiger partial charge on any atom is 0.287 e. The van der Waals surface area contributed by atoms with Gasteiger partial charge in [0.1, 0.15) is 11.6 Å². The first-order chi connectivity index (χ1) is 9.04. The molecule has 0 heterocycles. The lowest BCUT2D eigenvalue weighted by Crippen LogP contribution is -1.92. The fourth-order valence-electron chi connectivity index (χ4n) is 1.39. The average Bonchev–Trinajstić information content (AvgIpc) is 2.37. The summed E-state index contributed by atoms with van der Waals surface area (Å²) in [5.74, 6) is 0.685. The van der Waals surface area contributed by atoms with Crippen molar-refractivity contribution in [1.82, 2.24) is 0 Å². The Hall–Kier alpha value is -2.13. The fraction of sp³-hybridized carbons (Fsp3) is 0.231. The van der Waals surface area contributed by atoms with Crippen molar-refractivity contribution in [3.63, 3.8) is 0 Å². The summed E-state index contributed by atoms with van der Waals surface area (Å²) in [7, 11) is 0. The molecule has 0 aliphatic rings. The molecule has 0 unspecified atom stereocenters. The lowest BCUT2D eigenvalue weighted by atomic mass is 10.1. The average molecular weight is 276 g/mol. The Morgan fingerprint density at radius 1 is 1.58 bits per heavy atom. The number of carbonyl (C=O) groups is 1. The van der Waals surface area contributed by atoms with E-state index in [1.807, 2.05) is 6.08 Å². The van der Waals surface area contributed by atoms with Gasteiger partial charge in [-0.1, -0.05) is 30.0 Å². The molecule has 0 spiro atoms. The number of carbonyl (C=O) groups excluding carboxylic acids is 1. The van der Waals surface area contributed by atoms with Gasteiger partial charge < -0.3 is 0 Å². The molecule has 0 amide bonds. The molecule has 0 saturated heterocycles.